The van der Waals surface area contributed by atoms with Crippen molar-refractivity contribution in [2.75, 3.05) is 38.5 Å². The van der Waals surface area contributed by atoms with Crippen LogP contribution in [0.1, 0.15) is 31.3 Å². The topological polar surface area (TPSA) is 108 Å². The summed E-state index contributed by atoms with van der Waals surface area (Å²) in [6, 6.07) is 9.61. The van der Waals surface area contributed by atoms with Crippen molar-refractivity contribution in [2.24, 2.45) is 0 Å². The first-order valence-electron chi connectivity index (χ1n) is 9.14. The molecule has 0 unspecified atom stereocenters. The molecule has 0 bridgehead atoms. The molecule has 1 aromatic carbocycles. The van der Waals surface area contributed by atoms with Gasteiger partial charge in [0.2, 0.25) is 10.0 Å². The van der Waals surface area contributed by atoms with E-state index in [4.69, 9.17) is 4.42 Å². The van der Waals surface area contributed by atoms with E-state index < -0.39 is 21.8 Å². The summed E-state index contributed by atoms with van der Waals surface area (Å²) in [7, 11) is -3.68. The fourth-order valence-corrected chi connectivity index (χ4v) is 4.89. The molecule has 1 saturated heterocycles. The zero-order valence-corrected chi connectivity index (χ0v) is 16.3. The van der Waals surface area contributed by atoms with E-state index in [0.717, 1.165) is 4.90 Å². The second-order valence-corrected chi connectivity index (χ2v) is 8.88. The van der Waals surface area contributed by atoms with Crippen LogP contribution in [0.15, 0.2) is 47.1 Å². The maximum absolute atomic E-state index is 12.7. The molecule has 0 atom stereocenters. The lowest BCUT2D eigenvalue weighted by Gasteiger charge is -2.33. The van der Waals surface area contributed by atoms with Gasteiger partial charge in [0.1, 0.15) is 0 Å². The summed E-state index contributed by atoms with van der Waals surface area (Å²) in [6.45, 7) is 0.575. The Hall–Kier alpha value is -2.98. The molecule has 0 spiro atoms. The van der Waals surface area contributed by atoms with E-state index in [1.807, 2.05) is 0 Å². The van der Waals surface area contributed by atoms with Crippen LogP contribution in [-0.4, -0.2) is 78.7 Å². The van der Waals surface area contributed by atoms with Crippen LogP contribution in [0.5, 0.6) is 0 Å². The predicted octanol–water partition coefficient (Wildman–Crippen LogP) is 0.663. The average Bonchev–Trinajstić information content (AvgIpc) is 3.35. The Balaban J connectivity index is 1.35. The normalized spacial score (nSPS) is 17.7. The van der Waals surface area contributed by atoms with Gasteiger partial charge >= 0.3 is 0 Å². The largest absolute Gasteiger partial charge is 0.459 e. The number of hydrogen-bond donors (Lipinski definition) is 0. The number of benzene rings is 1. The van der Waals surface area contributed by atoms with Crippen molar-refractivity contribution in [2.45, 2.75) is 0 Å². The van der Waals surface area contributed by atoms with Gasteiger partial charge in [-0.05, 0) is 24.3 Å². The van der Waals surface area contributed by atoms with Crippen LogP contribution in [0, 0.1) is 0 Å². The van der Waals surface area contributed by atoms with Gasteiger partial charge in [-0.1, -0.05) is 12.1 Å². The van der Waals surface area contributed by atoms with Crippen LogP contribution in [0.2, 0.25) is 0 Å². The van der Waals surface area contributed by atoms with Crippen LogP contribution in [0.3, 0.4) is 0 Å². The first-order chi connectivity index (χ1) is 13.9. The molecule has 3 amide bonds. The van der Waals surface area contributed by atoms with Crippen molar-refractivity contribution >= 4 is 27.7 Å². The van der Waals surface area contributed by atoms with Crippen molar-refractivity contribution in [1.29, 1.82) is 0 Å². The Labute approximate surface area is 167 Å². The minimum Gasteiger partial charge on any atom is -0.459 e. The van der Waals surface area contributed by atoms with E-state index >= 15 is 0 Å². The van der Waals surface area contributed by atoms with Gasteiger partial charge in [0.25, 0.3) is 17.7 Å². The van der Waals surface area contributed by atoms with Crippen molar-refractivity contribution in [1.82, 2.24) is 14.1 Å². The highest BCUT2D eigenvalue weighted by Crippen LogP contribution is 2.22. The first-order valence-corrected chi connectivity index (χ1v) is 10.8. The molecular weight excluding hydrogens is 398 g/mol. The van der Waals surface area contributed by atoms with Crippen molar-refractivity contribution in [3.8, 4) is 0 Å². The van der Waals surface area contributed by atoms with Gasteiger partial charge in [-0.2, -0.15) is 4.31 Å². The van der Waals surface area contributed by atoms with E-state index in [2.05, 4.69) is 0 Å². The Kier molecular flexibility index (Phi) is 4.97. The van der Waals surface area contributed by atoms with E-state index in [1.54, 1.807) is 36.4 Å². The minimum atomic E-state index is -3.68. The third-order valence-corrected chi connectivity index (χ3v) is 6.95. The molecule has 2 aliphatic rings. The summed E-state index contributed by atoms with van der Waals surface area (Å²) >= 11 is 0. The second kappa shape index (κ2) is 7.45. The van der Waals surface area contributed by atoms with Gasteiger partial charge in [0.15, 0.2) is 5.76 Å². The summed E-state index contributed by atoms with van der Waals surface area (Å²) in [4.78, 5) is 39.5. The van der Waals surface area contributed by atoms with Crippen molar-refractivity contribution in [3.63, 3.8) is 0 Å². The van der Waals surface area contributed by atoms with Gasteiger partial charge < -0.3 is 9.32 Å². The number of fused-ring (bicyclic) bond motifs is 1. The zero-order chi connectivity index (χ0) is 20.6. The fourth-order valence-electron chi connectivity index (χ4n) is 3.50. The van der Waals surface area contributed by atoms with Crippen LogP contribution in [-0.2, 0) is 10.0 Å². The number of carbonyl (C=O) groups is 3. The number of rotatable bonds is 5. The summed E-state index contributed by atoms with van der Waals surface area (Å²) < 4.78 is 31.8. The molecule has 4 rings (SSSR count). The van der Waals surface area contributed by atoms with Gasteiger partial charge in [0, 0.05) is 32.7 Å². The molecule has 0 N–H and O–H groups in total. The average molecular weight is 417 g/mol. The quantitative estimate of drug-likeness (QED) is 0.662. The molecule has 0 aliphatic carbocycles. The third kappa shape index (κ3) is 3.56. The van der Waals surface area contributed by atoms with Crippen LogP contribution >= 0.6 is 0 Å². The van der Waals surface area contributed by atoms with E-state index in [-0.39, 0.29) is 50.1 Å². The molecule has 0 radical (unpaired) electrons. The smallest absolute Gasteiger partial charge is 0.289 e. The molecule has 1 fully saturated rings. The highest BCUT2D eigenvalue weighted by Gasteiger charge is 2.37. The number of piperazine rings is 1. The Morgan fingerprint density at radius 1 is 0.931 bits per heavy atom. The van der Waals surface area contributed by atoms with Gasteiger partial charge in [0.05, 0.1) is 23.1 Å². The Morgan fingerprint density at radius 2 is 1.55 bits per heavy atom. The number of sulfonamides is 1. The standard InChI is InChI=1S/C19H19N3O6S/c23-17-14-4-1-2-5-15(14)18(24)22(17)11-13-29(26,27)21-9-7-20(8-10-21)19(25)16-6-3-12-28-16/h1-6,12H,7-11,13H2. The summed E-state index contributed by atoms with van der Waals surface area (Å²) in [5.41, 5.74) is 0.583. The number of nitrogens with zero attached hydrogens (tertiary/aromatic N) is 3. The SMILES string of the molecule is O=C(c1ccco1)N1CCN(S(=O)(=O)CCN2C(=O)c3ccccc3C2=O)CC1. The highest BCUT2D eigenvalue weighted by molar-refractivity contribution is 7.89. The molecular formula is C19H19N3O6S. The lowest BCUT2D eigenvalue weighted by atomic mass is 10.1. The molecule has 29 heavy (non-hydrogen) atoms. The highest BCUT2D eigenvalue weighted by atomic mass is 32.2. The molecule has 10 heteroatoms. The number of hydrogen-bond acceptors (Lipinski definition) is 6. The lowest BCUT2D eigenvalue weighted by molar-refractivity contribution is 0.0648. The molecule has 0 saturated carbocycles. The van der Waals surface area contributed by atoms with E-state index in [1.165, 1.54) is 15.5 Å². The molecule has 9 nitrogen and oxygen atoms in total. The molecule has 152 valence electrons. The minimum absolute atomic E-state index is 0.150. The van der Waals surface area contributed by atoms with Gasteiger partial charge in [-0.25, -0.2) is 8.42 Å². The lowest BCUT2D eigenvalue weighted by Crippen LogP contribution is -2.51. The fraction of sp³-hybridized carbons (Fsp3) is 0.316. The van der Waals surface area contributed by atoms with Crippen LogP contribution in [0.25, 0.3) is 0 Å². The first kappa shape index (κ1) is 19.3. The maximum Gasteiger partial charge on any atom is 0.289 e. The van der Waals surface area contributed by atoms with E-state index in [0.29, 0.717) is 11.1 Å². The van der Waals surface area contributed by atoms with Crippen LogP contribution < -0.4 is 0 Å². The maximum atomic E-state index is 12.7. The number of amides is 3. The van der Waals surface area contributed by atoms with Gasteiger partial charge in [-0.3, -0.25) is 19.3 Å². The molecule has 1 aromatic heterocycles. The van der Waals surface area contributed by atoms with Crippen molar-refractivity contribution < 1.29 is 27.2 Å². The molecule has 3 heterocycles. The molecule has 2 aromatic rings. The zero-order valence-electron chi connectivity index (χ0n) is 15.5. The van der Waals surface area contributed by atoms with Crippen LogP contribution in [0.4, 0.5) is 0 Å². The number of furan rings is 1. The predicted molar refractivity (Wildman–Crippen MR) is 102 cm³/mol. The number of carbonyl (C=O) groups excluding carboxylic acids is 3. The second-order valence-electron chi connectivity index (χ2n) is 6.79. The summed E-state index contributed by atoms with van der Waals surface area (Å²) in [5, 5.41) is 0. The number of imide groups is 1. The Bertz CT molecular complexity index is 1020. The molecule has 2 aliphatic heterocycles. The summed E-state index contributed by atoms with van der Waals surface area (Å²) in [6.07, 6.45) is 1.41. The summed E-state index contributed by atoms with van der Waals surface area (Å²) in [5.74, 6) is -1.38. The Morgan fingerprint density at radius 3 is 2.10 bits per heavy atom. The third-order valence-electron chi connectivity index (χ3n) is 5.10. The van der Waals surface area contributed by atoms with E-state index in [9.17, 15) is 22.8 Å². The van der Waals surface area contributed by atoms with Gasteiger partial charge in [-0.15, -0.1) is 0 Å². The van der Waals surface area contributed by atoms with Crippen molar-refractivity contribution in [3.05, 3.63) is 59.5 Å². The monoisotopic (exact) mass is 417 g/mol.